The Hall–Kier alpha value is -1.06. The van der Waals surface area contributed by atoms with Crippen LogP contribution in [0.2, 0.25) is 0 Å². The first-order valence-corrected chi connectivity index (χ1v) is 6.76. The number of aliphatic hydroxyl groups excluding tert-OH is 1. The highest BCUT2D eigenvalue weighted by molar-refractivity contribution is 5.51. The molecule has 100 valence electrons. The van der Waals surface area contributed by atoms with E-state index in [0.717, 1.165) is 19.6 Å². The van der Waals surface area contributed by atoms with E-state index in [1.54, 1.807) is 0 Å². The molecule has 0 spiro atoms. The number of hydrogen-bond acceptors (Lipinski definition) is 3. The summed E-state index contributed by atoms with van der Waals surface area (Å²) in [5, 5.41) is 12.8. The van der Waals surface area contributed by atoms with Crippen LogP contribution in [0.25, 0.3) is 0 Å². The van der Waals surface area contributed by atoms with Gasteiger partial charge in [-0.25, -0.2) is 0 Å². The smallest absolute Gasteiger partial charge is 0.0601 e. The molecule has 1 aromatic carbocycles. The molecule has 2 atom stereocenters. The Labute approximate surface area is 110 Å². The fourth-order valence-electron chi connectivity index (χ4n) is 2.68. The normalized spacial score (nSPS) is 25.0. The Kier molecular flexibility index (Phi) is 4.25. The number of nitrogens with zero attached hydrogens (tertiary/aromatic N) is 1. The Morgan fingerprint density at radius 1 is 1.22 bits per heavy atom. The summed E-state index contributed by atoms with van der Waals surface area (Å²) in [5.74, 6) is 0.599. The van der Waals surface area contributed by atoms with Crippen LogP contribution < -0.4 is 10.2 Å². The standard InChI is InChI=1S/C15H24N2O/c1-11-4-12(2)6-15(5-11)17-8-13(3)7-16-14(9-17)10-18/h4-6,13-14,16,18H,7-10H2,1-3H3. The Balaban J connectivity index is 2.23. The molecule has 0 aromatic heterocycles. The predicted octanol–water partition coefficient (Wildman–Crippen LogP) is 1.71. The van der Waals surface area contributed by atoms with Crippen molar-refractivity contribution in [2.45, 2.75) is 26.8 Å². The second-order valence-corrected chi connectivity index (χ2v) is 5.64. The maximum Gasteiger partial charge on any atom is 0.0601 e. The monoisotopic (exact) mass is 248 g/mol. The number of aliphatic hydroxyl groups is 1. The summed E-state index contributed by atoms with van der Waals surface area (Å²) in [7, 11) is 0. The molecule has 2 unspecified atom stereocenters. The summed E-state index contributed by atoms with van der Waals surface area (Å²) in [6.45, 7) is 9.64. The summed E-state index contributed by atoms with van der Waals surface area (Å²) in [4.78, 5) is 2.39. The maximum atomic E-state index is 9.39. The van der Waals surface area contributed by atoms with Crippen LogP contribution in [0, 0.1) is 19.8 Å². The van der Waals surface area contributed by atoms with Crippen LogP contribution in [0.15, 0.2) is 18.2 Å². The number of benzene rings is 1. The minimum Gasteiger partial charge on any atom is -0.395 e. The molecule has 3 nitrogen and oxygen atoms in total. The van der Waals surface area contributed by atoms with Gasteiger partial charge in [-0.2, -0.15) is 0 Å². The quantitative estimate of drug-likeness (QED) is 0.836. The number of nitrogens with one attached hydrogen (secondary N) is 1. The molecule has 1 aliphatic heterocycles. The second kappa shape index (κ2) is 5.72. The van der Waals surface area contributed by atoms with E-state index in [0.29, 0.717) is 5.92 Å². The zero-order valence-corrected chi connectivity index (χ0v) is 11.6. The molecule has 0 amide bonds. The molecule has 1 fully saturated rings. The maximum absolute atomic E-state index is 9.39. The van der Waals surface area contributed by atoms with Gasteiger partial charge in [0.1, 0.15) is 0 Å². The largest absolute Gasteiger partial charge is 0.395 e. The molecular weight excluding hydrogens is 224 g/mol. The highest BCUT2D eigenvalue weighted by Crippen LogP contribution is 2.21. The molecule has 1 aliphatic rings. The number of aryl methyl sites for hydroxylation is 2. The predicted molar refractivity (Wildman–Crippen MR) is 76.2 cm³/mol. The first-order valence-electron chi connectivity index (χ1n) is 6.76. The third-order valence-electron chi connectivity index (χ3n) is 3.52. The number of hydrogen-bond donors (Lipinski definition) is 2. The van der Waals surface area contributed by atoms with Gasteiger partial charge in [-0.15, -0.1) is 0 Å². The minimum atomic E-state index is 0.177. The van der Waals surface area contributed by atoms with E-state index in [4.69, 9.17) is 0 Å². The highest BCUT2D eigenvalue weighted by Gasteiger charge is 2.21. The first-order chi connectivity index (χ1) is 8.58. The lowest BCUT2D eigenvalue weighted by Crippen LogP contribution is -2.40. The Morgan fingerprint density at radius 2 is 1.89 bits per heavy atom. The van der Waals surface area contributed by atoms with E-state index < -0.39 is 0 Å². The van der Waals surface area contributed by atoms with E-state index in [2.05, 4.69) is 49.2 Å². The van der Waals surface area contributed by atoms with E-state index in [-0.39, 0.29) is 12.6 Å². The van der Waals surface area contributed by atoms with Crippen molar-refractivity contribution in [3.05, 3.63) is 29.3 Å². The molecule has 1 aromatic rings. The van der Waals surface area contributed by atoms with Gasteiger partial charge >= 0.3 is 0 Å². The molecule has 18 heavy (non-hydrogen) atoms. The molecule has 0 bridgehead atoms. The lowest BCUT2D eigenvalue weighted by molar-refractivity contribution is 0.247. The van der Waals surface area contributed by atoms with Crippen LogP contribution >= 0.6 is 0 Å². The highest BCUT2D eigenvalue weighted by atomic mass is 16.3. The van der Waals surface area contributed by atoms with Gasteiger partial charge in [-0.1, -0.05) is 13.0 Å². The van der Waals surface area contributed by atoms with Crippen molar-refractivity contribution >= 4 is 5.69 Å². The molecule has 0 aliphatic carbocycles. The lowest BCUT2D eigenvalue weighted by atomic mass is 10.1. The number of anilines is 1. The van der Waals surface area contributed by atoms with Crippen molar-refractivity contribution in [2.75, 3.05) is 31.1 Å². The summed E-state index contributed by atoms with van der Waals surface area (Å²) >= 11 is 0. The zero-order chi connectivity index (χ0) is 13.1. The van der Waals surface area contributed by atoms with Gasteiger partial charge in [0.25, 0.3) is 0 Å². The van der Waals surface area contributed by atoms with Crippen molar-refractivity contribution in [2.24, 2.45) is 5.92 Å². The van der Waals surface area contributed by atoms with E-state index in [9.17, 15) is 5.11 Å². The fourth-order valence-corrected chi connectivity index (χ4v) is 2.68. The molecule has 2 rings (SSSR count). The van der Waals surface area contributed by atoms with Crippen molar-refractivity contribution in [3.63, 3.8) is 0 Å². The van der Waals surface area contributed by atoms with Crippen LogP contribution in [0.5, 0.6) is 0 Å². The van der Waals surface area contributed by atoms with Crippen molar-refractivity contribution in [1.82, 2.24) is 5.32 Å². The molecular formula is C15H24N2O. The van der Waals surface area contributed by atoms with Crippen molar-refractivity contribution in [1.29, 1.82) is 0 Å². The topological polar surface area (TPSA) is 35.5 Å². The van der Waals surface area contributed by atoms with E-state index in [1.807, 2.05) is 0 Å². The van der Waals surface area contributed by atoms with E-state index in [1.165, 1.54) is 16.8 Å². The zero-order valence-electron chi connectivity index (χ0n) is 11.6. The molecule has 3 heteroatoms. The van der Waals surface area contributed by atoms with Gasteiger partial charge in [0.2, 0.25) is 0 Å². The van der Waals surface area contributed by atoms with Crippen molar-refractivity contribution < 1.29 is 5.11 Å². The van der Waals surface area contributed by atoms with Gasteiger partial charge < -0.3 is 15.3 Å². The SMILES string of the molecule is Cc1cc(C)cc(N2CC(C)CNC(CO)C2)c1. The Morgan fingerprint density at radius 3 is 2.50 bits per heavy atom. The molecule has 1 saturated heterocycles. The summed E-state index contributed by atoms with van der Waals surface area (Å²) in [5.41, 5.74) is 3.88. The van der Waals surface area contributed by atoms with Crippen LogP contribution in [0.3, 0.4) is 0 Å². The first kappa shape index (κ1) is 13.4. The minimum absolute atomic E-state index is 0.177. The summed E-state index contributed by atoms with van der Waals surface area (Å²) in [6.07, 6.45) is 0. The van der Waals surface area contributed by atoms with Gasteiger partial charge in [-0.05, 0) is 49.6 Å². The summed E-state index contributed by atoms with van der Waals surface area (Å²) in [6, 6.07) is 6.85. The molecule has 0 radical (unpaired) electrons. The third kappa shape index (κ3) is 3.24. The number of rotatable bonds is 2. The van der Waals surface area contributed by atoms with Gasteiger partial charge in [0.15, 0.2) is 0 Å². The average Bonchev–Trinajstić information content (AvgIpc) is 2.50. The van der Waals surface area contributed by atoms with Crippen LogP contribution in [-0.4, -0.2) is 37.4 Å². The van der Waals surface area contributed by atoms with Crippen molar-refractivity contribution in [3.8, 4) is 0 Å². The molecule has 1 heterocycles. The Bertz CT molecular complexity index is 385. The average molecular weight is 248 g/mol. The molecule has 2 N–H and O–H groups in total. The van der Waals surface area contributed by atoms with Crippen LogP contribution in [-0.2, 0) is 0 Å². The van der Waals surface area contributed by atoms with Gasteiger partial charge in [0.05, 0.1) is 6.61 Å². The van der Waals surface area contributed by atoms with Crippen LogP contribution in [0.1, 0.15) is 18.1 Å². The second-order valence-electron chi connectivity index (χ2n) is 5.64. The fraction of sp³-hybridized carbons (Fsp3) is 0.600. The van der Waals surface area contributed by atoms with Gasteiger partial charge in [0, 0.05) is 24.8 Å². The third-order valence-corrected chi connectivity index (χ3v) is 3.52. The summed E-state index contributed by atoms with van der Waals surface area (Å²) < 4.78 is 0. The lowest BCUT2D eigenvalue weighted by Gasteiger charge is -2.27. The van der Waals surface area contributed by atoms with E-state index >= 15 is 0 Å². The van der Waals surface area contributed by atoms with Gasteiger partial charge in [-0.3, -0.25) is 0 Å². The molecule has 0 saturated carbocycles. The van der Waals surface area contributed by atoms with Crippen LogP contribution in [0.4, 0.5) is 5.69 Å².